The summed E-state index contributed by atoms with van der Waals surface area (Å²) in [5.41, 5.74) is 3.87. The largest absolute Gasteiger partial charge is 0.392 e. The monoisotopic (exact) mass is 543 g/mol. The molecule has 1 N–H and O–H groups in total. The maximum Gasteiger partial charge on any atom is 0.266 e. The van der Waals surface area contributed by atoms with Crippen molar-refractivity contribution >= 4 is 29.3 Å². The number of hydrogen-bond donors (Lipinski definition) is 1. The Hall–Kier alpha value is -3.90. The minimum absolute atomic E-state index is 0.0258. The number of rotatable bonds is 7. The molecule has 4 aromatic rings. The molecule has 0 aliphatic carbocycles. The molecule has 0 bridgehead atoms. The summed E-state index contributed by atoms with van der Waals surface area (Å²) in [7, 11) is 1.79. The Morgan fingerprint density at radius 1 is 0.923 bits per heavy atom. The molecule has 1 saturated heterocycles. The molecule has 0 spiro atoms. The Kier molecular flexibility index (Phi) is 6.96. The second-order valence-electron chi connectivity index (χ2n) is 9.33. The van der Waals surface area contributed by atoms with Gasteiger partial charge in [-0.15, -0.1) is 5.10 Å². The lowest BCUT2D eigenvalue weighted by Crippen LogP contribution is -2.31. The first-order valence-corrected chi connectivity index (χ1v) is 13.4. The van der Waals surface area contributed by atoms with E-state index in [1.807, 2.05) is 36.4 Å². The number of aromatic nitrogens is 4. The van der Waals surface area contributed by atoms with E-state index in [2.05, 4.69) is 15.5 Å². The number of nitrogens with zero attached hydrogens (tertiary/aromatic N) is 5. The van der Waals surface area contributed by atoms with Crippen LogP contribution in [-0.4, -0.2) is 49.0 Å². The Bertz CT molecular complexity index is 1470. The van der Waals surface area contributed by atoms with Crippen molar-refractivity contribution in [2.24, 2.45) is 7.05 Å². The number of carbonyl (C=O) groups excluding carboxylic acids is 2. The van der Waals surface area contributed by atoms with Crippen LogP contribution in [0.5, 0.6) is 0 Å². The van der Waals surface area contributed by atoms with Crippen LogP contribution in [0.4, 0.5) is 5.69 Å². The van der Waals surface area contributed by atoms with Crippen molar-refractivity contribution in [3.63, 3.8) is 0 Å². The molecule has 1 fully saturated rings. The lowest BCUT2D eigenvalue weighted by Gasteiger charge is -2.36. The van der Waals surface area contributed by atoms with E-state index in [0.717, 1.165) is 16.7 Å². The number of carbonyl (C=O) groups is 2. The Morgan fingerprint density at radius 3 is 2.21 bits per heavy atom. The number of hydrogen-bond acceptors (Lipinski definition) is 9. The fourth-order valence-corrected chi connectivity index (χ4v) is 5.61. The van der Waals surface area contributed by atoms with Crippen molar-refractivity contribution < 1.29 is 24.2 Å². The van der Waals surface area contributed by atoms with E-state index in [4.69, 9.17) is 9.47 Å². The number of tetrazole rings is 1. The van der Waals surface area contributed by atoms with E-state index in [-0.39, 0.29) is 30.6 Å². The number of aryl methyl sites for hydroxylation is 1. The van der Waals surface area contributed by atoms with Crippen LogP contribution in [0.1, 0.15) is 56.2 Å². The van der Waals surface area contributed by atoms with Gasteiger partial charge in [-0.25, -0.2) is 9.58 Å². The third kappa shape index (κ3) is 4.97. The van der Waals surface area contributed by atoms with Crippen LogP contribution < -0.4 is 4.90 Å². The molecule has 39 heavy (non-hydrogen) atoms. The minimum atomic E-state index is -0.666. The molecule has 0 saturated carbocycles. The fourth-order valence-electron chi connectivity index (χ4n) is 4.74. The number of anilines is 1. The molecule has 11 heteroatoms. The van der Waals surface area contributed by atoms with Crippen LogP contribution >= 0.6 is 11.8 Å². The molecule has 0 radical (unpaired) electrons. The highest BCUT2D eigenvalue weighted by atomic mass is 32.2. The number of imide groups is 1. The van der Waals surface area contributed by atoms with E-state index in [1.54, 1.807) is 48.1 Å². The molecule has 3 aromatic carbocycles. The lowest BCUT2D eigenvalue weighted by molar-refractivity contribution is -0.245. The highest BCUT2D eigenvalue weighted by molar-refractivity contribution is 7.99. The first kappa shape index (κ1) is 25.4. The summed E-state index contributed by atoms with van der Waals surface area (Å²) in [6, 6.07) is 21.6. The van der Waals surface area contributed by atoms with Crippen LogP contribution in [-0.2, 0) is 23.1 Å². The summed E-state index contributed by atoms with van der Waals surface area (Å²) in [4.78, 5) is 27.0. The predicted octanol–water partition coefficient (Wildman–Crippen LogP) is 3.84. The Morgan fingerprint density at radius 2 is 1.59 bits per heavy atom. The van der Waals surface area contributed by atoms with E-state index in [1.165, 1.54) is 16.7 Å². The van der Waals surface area contributed by atoms with Crippen molar-refractivity contribution in [2.75, 3.05) is 10.7 Å². The van der Waals surface area contributed by atoms with Gasteiger partial charge >= 0.3 is 0 Å². The van der Waals surface area contributed by atoms with E-state index in [9.17, 15) is 14.7 Å². The smallest absolute Gasteiger partial charge is 0.266 e. The van der Waals surface area contributed by atoms with Gasteiger partial charge in [0.25, 0.3) is 11.8 Å². The number of fused-ring (bicyclic) bond motifs is 1. The minimum Gasteiger partial charge on any atom is -0.392 e. The summed E-state index contributed by atoms with van der Waals surface area (Å²) < 4.78 is 14.4. The molecule has 2 aliphatic heterocycles. The maximum absolute atomic E-state index is 12.9. The zero-order chi connectivity index (χ0) is 26.9. The first-order valence-electron chi connectivity index (χ1n) is 12.5. The van der Waals surface area contributed by atoms with Gasteiger partial charge in [0.05, 0.1) is 35.6 Å². The van der Waals surface area contributed by atoms with Crippen LogP contribution in [0.25, 0.3) is 0 Å². The van der Waals surface area contributed by atoms with Gasteiger partial charge in [0.2, 0.25) is 5.16 Å². The number of aliphatic hydroxyl groups excluding tert-OH is 1. The van der Waals surface area contributed by atoms with E-state index >= 15 is 0 Å². The maximum atomic E-state index is 12.9. The van der Waals surface area contributed by atoms with Crippen LogP contribution in [0.2, 0.25) is 0 Å². The summed E-state index contributed by atoms with van der Waals surface area (Å²) in [5, 5.41) is 21.7. The highest BCUT2D eigenvalue weighted by Crippen LogP contribution is 2.40. The van der Waals surface area contributed by atoms with Crippen molar-refractivity contribution in [3.8, 4) is 0 Å². The van der Waals surface area contributed by atoms with Crippen LogP contribution in [0.15, 0.2) is 78.0 Å². The van der Waals surface area contributed by atoms with Gasteiger partial charge in [-0.2, -0.15) is 0 Å². The normalized spacial score (nSPS) is 20.9. The second kappa shape index (κ2) is 10.7. The topological polar surface area (TPSA) is 120 Å². The van der Waals surface area contributed by atoms with Crippen molar-refractivity contribution in [3.05, 3.63) is 101 Å². The van der Waals surface area contributed by atoms with Gasteiger partial charge < -0.3 is 14.6 Å². The summed E-state index contributed by atoms with van der Waals surface area (Å²) >= 11 is 1.51. The molecule has 0 unspecified atom stereocenters. The molecule has 3 heterocycles. The van der Waals surface area contributed by atoms with Crippen molar-refractivity contribution in [2.45, 2.75) is 36.7 Å². The number of amides is 2. The lowest BCUT2D eigenvalue weighted by atomic mass is 10.0. The molecule has 10 nitrogen and oxygen atoms in total. The SMILES string of the molecule is Cn1nnnc1SC[C@@H]1C[C@H](c2ccc(CO)cc2)O[C@H](c2ccc(N3C(=O)c4ccccc4C3=O)cc2)O1. The van der Waals surface area contributed by atoms with Gasteiger partial charge in [0.1, 0.15) is 0 Å². The molecule has 3 atom stereocenters. The molecule has 2 aliphatic rings. The molecule has 198 valence electrons. The average molecular weight is 544 g/mol. The summed E-state index contributed by atoms with van der Waals surface area (Å²) in [6.45, 7) is -0.0258. The van der Waals surface area contributed by atoms with Crippen LogP contribution in [0.3, 0.4) is 0 Å². The highest BCUT2D eigenvalue weighted by Gasteiger charge is 2.37. The van der Waals surface area contributed by atoms with Crippen LogP contribution in [0, 0.1) is 0 Å². The molecular formula is C28H25N5O5S. The van der Waals surface area contributed by atoms with Gasteiger partial charge in [-0.05, 0) is 45.8 Å². The van der Waals surface area contributed by atoms with Gasteiger partial charge in [-0.1, -0.05) is 60.3 Å². The zero-order valence-electron chi connectivity index (χ0n) is 21.0. The average Bonchev–Trinajstić information content (AvgIpc) is 3.51. The summed E-state index contributed by atoms with van der Waals surface area (Å²) in [5.74, 6) is -0.0580. The molecule has 2 amide bonds. The third-order valence-electron chi connectivity index (χ3n) is 6.81. The second-order valence-corrected chi connectivity index (χ2v) is 10.3. The van der Waals surface area contributed by atoms with Gasteiger partial charge in [-0.3, -0.25) is 9.59 Å². The third-order valence-corrected chi connectivity index (χ3v) is 7.95. The molecule has 1 aromatic heterocycles. The molecule has 6 rings (SSSR count). The number of thioether (sulfide) groups is 1. The van der Waals surface area contributed by atoms with Crippen molar-refractivity contribution in [1.29, 1.82) is 0 Å². The fraction of sp³-hybridized carbons (Fsp3) is 0.250. The standard InChI is InChI=1S/C28H25N5O5S/c1-32-28(29-30-31-32)39-16-21-14-24(18-8-6-17(15-34)7-9-18)38-27(37-21)19-10-12-20(13-11-19)33-25(35)22-4-2-3-5-23(22)26(33)36/h2-13,21,24,27,34H,14-16H2,1H3/t21-,24+,27+/m0/s1. The Balaban J connectivity index is 1.23. The summed E-state index contributed by atoms with van der Waals surface area (Å²) in [6.07, 6.45) is -0.444. The van der Waals surface area contributed by atoms with Gasteiger partial charge in [0, 0.05) is 24.8 Å². The first-order chi connectivity index (χ1) is 19.0. The predicted molar refractivity (Wildman–Crippen MR) is 142 cm³/mol. The van der Waals surface area contributed by atoms with E-state index < -0.39 is 6.29 Å². The molecular weight excluding hydrogens is 518 g/mol. The van der Waals surface area contributed by atoms with Gasteiger partial charge in [0.15, 0.2) is 6.29 Å². The zero-order valence-corrected chi connectivity index (χ0v) is 21.8. The van der Waals surface area contributed by atoms with Crippen molar-refractivity contribution in [1.82, 2.24) is 20.2 Å². The number of aliphatic hydroxyl groups is 1. The number of benzene rings is 3. The van der Waals surface area contributed by atoms with E-state index in [0.29, 0.717) is 34.1 Å². The Labute approximate surface area is 228 Å². The number of ether oxygens (including phenoxy) is 2. The quantitative estimate of drug-likeness (QED) is 0.274.